The van der Waals surface area contributed by atoms with Crippen LogP contribution in [0.15, 0.2) is 104 Å². The van der Waals surface area contributed by atoms with E-state index in [0.29, 0.717) is 5.92 Å². The van der Waals surface area contributed by atoms with Crippen molar-refractivity contribution in [2.75, 3.05) is 0 Å². The normalized spacial score (nSPS) is 15.0. The Labute approximate surface area is 236 Å². The Morgan fingerprint density at radius 3 is 2.67 bits per heavy atom. The number of aromatic nitrogens is 5. The van der Waals surface area contributed by atoms with Gasteiger partial charge in [0.2, 0.25) is 0 Å². The summed E-state index contributed by atoms with van der Waals surface area (Å²) >= 11 is 0. The Bertz CT molecular complexity index is 1640. The number of hydrogen-bond donors (Lipinski definition) is 3. The molecule has 0 amide bonds. The Morgan fingerprint density at radius 2 is 1.98 bits per heavy atom. The topological polar surface area (TPSA) is 82.3 Å². The van der Waals surface area contributed by atoms with Crippen LogP contribution in [0.3, 0.4) is 0 Å². The first kappa shape index (κ1) is 26.9. The number of allylic oxidation sites excluding steroid dienone is 7. The molecule has 6 nitrogen and oxygen atoms in total. The SMILES string of the molecule is C=C/C=C(/c1cccnc1)c1cc(-c2n[nH]c3ccc(C(/C=C(\C=C)NC(=C)C4CCCC4)=C/C)nc23)[nH]c1C. The third-order valence-electron chi connectivity index (χ3n) is 7.52. The number of H-pyrrole nitrogens is 2. The summed E-state index contributed by atoms with van der Waals surface area (Å²) < 4.78 is 0. The molecule has 0 atom stereocenters. The molecule has 0 bridgehead atoms. The standard InChI is InChI=1S/C34H36N6/c1-6-12-28(26-15-11-18-35-21-26)29-20-32(37-23(29)5)34-33-31(39-40-34)17-16-30(38-33)24(7-2)19-27(8-3)36-22(4)25-13-9-10-14-25/h6-8,11-12,15-21,25,36-37H,1,3-4,9-10,13-14H2,2,5H3,(H,39,40)/b24-7+,27-19+,28-12-. The van der Waals surface area contributed by atoms with E-state index >= 15 is 0 Å². The maximum atomic E-state index is 5.05. The van der Waals surface area contributed by atoms with Gasteiger partial charge in [0.1, 0.15) is 11.2 Å². The Hall–Kier alpha value is -4.71. The molecule has 0 unspecified atom stereocenters. The third kappa shape index (κ3) is 5.52. The van der Waals surface area contributed by atoms with Crippen LogP contribution in [0.5, 0.6) is 0 Å². The maximum Gasteiger partial charge on any atom is 0.135 e. The van der Waals surface area contributed by atoms with Crippen molar-refractivity contribution < 1.29 is 0 Å². The van der Waals surface area contributed by atoms with E-state index in [9.17, 15) is 0 Å². The average Bonchev–Trinajstić information content (AvgIpc) is 3.74. The summed E-state index contributed by atoms with van der Waals surface area (Å²) in [5, 5.41) is 11.3. The van der Waals surface area contributed by atoms with Crippen LogP contribution in [0.4, 0.5) is 0 Å². The molecule has 202 valence electrons. The number of aromatic amines is 2. The molecule has 4 aromatic heterocycles. The molecule has 0 saturated heterocycles. The van der Waals surface area contributed by atoms with Gasteiger partial charge in [-0.15, -0.1) is 0 Å². The monoisotopic (exact) mass is 528 g/mol. The van der Waals surface area contributed by atoms with Crippen LogP contribution in [0.2, 0.25) is 0 Å². The predicted octanol–water partition coefficient (Wildman–Crippen LogP) is 8.04. The van der Waals surface area contributed by atoms with Gasteiger partial charge in [-0.1, -0.05) is 56.9 Å². The van der Waals surface area contributed by atoms with E-state index in [2.05, 4.69) is 70.4 Å². The third-order valence-corrected chi connectivity index (χ3v) is 7.52. The number of hydrogen-bond acceptors (Lipinski definition) is 4. The van der Waals surface area contributed by atoms with E-state index in [1.165, 1.54) is 25.7 Å². The zero-order valence-corrected chi connectivity index (χ0v) is 23.3. The second-order valence-electron chi connectivity index (χ2n) is 10.1. The fourth-order valence-electron chi connectivity index (χ4n) is 5.37. The molecule has 40 heavy (non-hydrogen) atoms. The highest BCUT2D eigenvalue weighted by Crippen LogP contribution is 2.33. The van der Waals surface area contributed by atoms with Crippen LogP contribution in [0.1, 0.15) is 55.1 Å². The van der Waals surface area contributed by atoms with Crippen molar-refractivity contribution in [3.63, 3.8) is 0 Å². The minimum Gasteiger partial charge on any atom is -0.359 e. The Balaban J connectivity index is 1.48. The van der Waals surface area contributed by atoms with E-state index in [-0.39, 0.29) is 0 Å². The molecule has 1 aliphatic rings. The van der Waals surface area contributed by atoms with E-state index < -0.39 is 0 Å². The van der Waals surface area contributed by atoms with E-state index in [1.807, 2.05) is 49.5 Å². The van der Waals surface area contributed by atoms with Crippen LogP contribution < -0.4 is 5.32 Å². The second-order valence-corrected chi connectivity index (χ2v) is 10.1. The van der Waals surface area contributed by atoms with Crippen LogP contribution in [0, 0.1) is 12.8 Å². The minimum absolute atomic E-state index is 0.523. The highest BCUT2D eigenvalue weighted by molar-refractivity contribution is 5.92. The molecule has 5 rings (SSSR count). The van der Waals surface area contributed by atoms with Crippen molar-refractivity contribution >= 4 is 22.2 Å². The molecular formula is C34H36N6. The highest BCUT2D eigenvalue weighted by atomic mass is 15.1. The number of nitrogens with zero attached hydrogens (tertiary/aromatic N) is 3. The van der Waals surface area contributed by atoms with E-state index in [0.717, 1.165) is 67.5 Å². The number of nitrogens with one attached hydrogen (secondary N) is 3. The van der Waals surface area contributed by atoms with Crippen molar-refractivity contribution in [2.45, 2.75) is 39.5 Å². The number of rotatable bonds is 10. The van der Waals surface area contributed by atoms with Gasteiger partial charge in [-0.25, -0.2) is 4.98 Å². The first-order chi connectivity index (χ1) is 19.5. The van der Waals surface area contributed by atoms with Gasteiger partial charge in [0.25, 0.3) is 0 Å². The summed E-state index contributed by atoms with van der Waals surface area (Å²) in [6.07, 6.45) is 18.4. The first-order valence-electron chi connectivity index (χ1n) is 13.8. The summed E-state index contributed by atoms with van der Waals surface area (Å²) in [7, 11) is 0. The number of aryl methyl sites for hydroxylation is 1. The predicted molar refractivity (Wildman–Crippen MR) is 166 cm³/mol. The molecule has 4 aromatic rings. The molecule has 0 aromatic carbocycles. The van der Waals surface area contributed by atoms with Crippen molar-refractivity contribution in [2.24, 2.45) is 5.92 Å². The zero-order valence-electron chi connectivity index (χ0n) is 23.3. The lowest BCUT2D eigenvalue weighted by Gasteiger charge is -2.16. The average molecular weight is 529 g/mol. The van der Waals surface area contributed by atoms with Crippen LogP contribution >= 0.6 is 0 Å². The highest BCUT2D eigenvalue weighted by Gasteiger charge is 2.19. The first-order valence-corrected chi connectivity index (χ1v) is 13.8. The smallest absolute Gasteiger partial charge is 0.135 e. The number of fused-ring (bicyclic) bond motifs is 1. The molecule has 0 radical (unpaired) electrons. The summed E-state index contributed by atoms with van der Waals surface area (Å²) in [6.45, 7) is 16.3. The van der Waals surface area contributed by atoms with Gasteiger partial charge in [-0.3, -0.25) is 10.1 Å². The Morgan fingerprint density at radius 1 is 1.15 bits per heavy atom. The van der Waals surface area contributed by atoms with Crippen LogP contribution in [-0.4, -0.2) is 25.1 Å². The second kappa shape index (κ2) is 12.0. The van der Waals surface area contributed by atoms with Crippen molar-refractivity contribution in [1.82, 2.24) is 30.5 Å². The Kier molecular flexibility index (Phi) is 8.06. The maximum absolute atomic E-state index is 5.05. The van der Waals surface area contributed by atoms with Crippen molar-refractivity contribution in [3.05, 3.63) is 127 Å². The molecular weight excluding hydrogens is 492 g/mol. The zero-order chi connectivity index (χ0) is 28.1. The largest absolute Gasteiger partial charge is 0.359 e. The molecule has 6 heteroatoms. The molecule has 0 spiro atoms. The quantitative estimate of drug-likeness (QED) is 0.182. The van der Waals surface area contributed by atoms with Crippen LogP contribution in [-0.2, 0) is 0 Å². The summed E-state index contributed by atoms with van der Waals surface area (Å²) in [4.78, 5) is 12.9. The van der Waals surface area contributed by atoms with Gasteiger partial charge in [0, 0.05) is 40.6 Å². The van der Waals surface area contributed by atoms with Gasteiger partial charge < -0.3 is 10.3 Å². The molecule has 1 saturated carbocycles. The lowest BCUT2D eigenvalue weighted by molar-refractivity contribution is 0.607. The number of pyridine rings is 2. The van der Waals surface area contributed by atoms with Gasteiger partial charge in [-0.05, 0) is 80.2 Å². The summed E-state index contributed by atoms with van der Waals surface area (Å²) in [5.74, 6) is 0.523. The van der Waals surface area contributed by atoms with E-state index in [1.54, 1.807) is 12.3 Å². The van der Waals surface area contributed by atoms with Crippen LogP contribution in [0.25, 0.3) is 33.6 Å². The van der Waals surface area contributed by atoms with Gasteiger partial charge in [0.05, 0.1) is 16.9 Å². The van der Waals surface area contributed by atoms with Gasteiger partial charge >= 0.3 is 0 Å². The fourth-order valence-corrected chi connectivity index (χ4v) is 5.37. The summed E-state index contributed by atoms with van der Waals surface area (Å²) in [5.41, 5.74) is 11.3. The lowest BCUT2D eigenvalue weighted by Crippen LogP contribution is -2.16. The molecule has 0 aliphatic heterocycles. The molecule has 4 heterocycles. The summed E-state index contributed by atoms with van der Waals surface area (Å²) in [6, 6.07) is 10.1. The van der Waals surface area contributed by atoms with Crippen molar-refractivity contribution in [3.8, 4) is 11.4 Å². The minimum atomic E-state index is 0.523. The fraction of sp³-hybridized carbons (Fsp3) is 0.206. The van der Waals surface area contributed by atoms with Gasteiger partial charge in [-0.2, -0.15) is 5.10 Å². The van der Waals surface area contributed by atoms with E-state index in [4.69, 9.17) is 4.98 Å². The van der Waals surface area contributed by atoms with Crippen molar-refractivity contribution in [1.29, 1.82) is 0 Å². The van der Waals surface area contributed by atoms with Gasteiger partial charge in [0.15, 0.2) is 0 Å². The molecule has 1 fully saturated rings. The molecule has 3 N–H and O–H groups in total. The molecule has 1 aliphatic carbocycles. The lowest BCUT2D eigenvalue weighted by atomic mass is 9.99.